The molecule has 0 aliphatic carbocycles. The smallest absolute Gasteiger partial charge is 0.305 e. The maximum absolute atomic E-state index is 12.4. The molecule has 59 heavy (non-hydrogen) atoms. The highest BCUT2D eigenvalue weighted by molar-refractivity contribution is 5.76. The molecule has 0 heterocycles. The summed E-state index contributed by atoms with van der Waals surface area (Å²) >= 11 is 0. The van der Waals surface area contributed by atoms with Crippen LogP contribution in [-0.2, 0) is 14.3 Å². The molecule has 0 aromatic heterocycles. The van der Waals surface area contributed by atoms with Crippen LogP contribution in [0.2, 0.25) is 0 Å². The number of aliphatic hydroxyl groups is 2. The molecule has 0 spiro atoms. The van der Waals surface area contributed by atoms with Crippen molar-refractivity contribution in [2.45, 2.75) is 276 Å². The summed E-state index contributed by atoms with van der Waals surface area (Å²) in [5, 5.41) is 22.9. The Morgan fingerprint density at radius 3 is 1.36 bits per heavy atom. The van der Waals surface area contributed by atoms with Gasteiger partial charge in [0.05, 0.1) is 25.4 Å². The Hall–Kier alpha value is -1.92. The minimum Gasteiger partial charge on any atom is -0.466 e. The van der Waals surface area contributed by atoms with Gasteiger partial charge in [-0.25, -0.2) is 0 Å². The molecule has 0 rings (SSSR count). The van der Waals surface area contributed by atoms with Gasteiger partial charge in [-0.1, -0.05) is 230 Å². The molecule has 6 nitrogen and oxygen atoms in total. The van der Waals surface area contributed by atoms with Crippen LogP contribution in [0, 0.1) is 0 Å². The lowest BCUT2D eigenvalue weighted by Gasteiger charge is -2.20. The Bertz CT molecular complexity index is 962. The Kier molecular flexibility index (Phi) is 47.2. The number of amides is 1. The fourth-order valence-corrected chi connectivity index (χ4v) is 7.67. The summed E-state index contributed by atoms with van der Waals surface area (Å²) in [5.74, 6) is -0.0817. The van der Waals surface area contributed by atoms with Crippen molar-refractivity contribution in [3.05, 3.63) is 36.5 Å². The van der Waals surface area contributed by atoms with Crippen LogP contribution in [0.3, 0.4) is 0 Å². The average molecular weight is 830 g/mol. The molecule has 0 aromatic rings. The van der Waals surface area contributed by atoms with Crippen molar-refractivity contribution in [1.29, 1.82) is 0 Å². The van der Waals surface area contributed by atoms with Crippen molar-refractivity contribution >= 4 is 11.9 Å². The van der Waals surface area contributed by atoms with Gasteiger partial charge in [0.25, 0.3) is 0 Å². The van der Waals surface area contributed by atoms with Gasteiger partial charge in [-0.2, -0.15) is 0 Å². The summed E-state index contributed by atoms with van der Waals surface area (Å²) in [6.45, 7) is 4.80. The number of hydrogen-bond acceptors (Lipinski definition) is 5. The van der Waals surface area contributed by atoms with Crippen LogP contribution in [0.1, 0.15) is 264 Å². The van der Waals surface area contributed by atoms with E-state index in [2.05, 4.69) is 43.5 Å². The van der Waals surface area contributed by atoms with E-state index in [1.54, 1.807) is 6.08 Å². The maximum atomic E-state index is 12.4. The van der Waals surface area contributed by atoms with Crippen LogP contribution in [-0.4, -0.2) is 47.4 Å². The zero-order valence-electron chi connectivity index (χ0n) is 39.2. The highest BCUT2D eigenvalue weighted by Crippen LogP contribution is 2.16. The van der Waals surface area contributed by atoms with Gasteiger partial charge in [-0.15, -0.1) is 0 Å². The largest absolute Gasteiger partial charge is 0.466 e. The van der Waals surface area contributed by atoms with Gasteiger partial charge in [-0.3, -0.25) is 9.59 Å². The molecule has 3 N–H and O–H groups in total. The van der Waals surface area contributed by atoms with Crippen molar-refractivity contribution < 1.29 is 24.5 Å². The number of allylic oxidation sites excluding steroid dienone is 5. The van der Waals surface area contributed by atoms with E-state index in [0.29, 0.717) is 19.4 Å². The lowest BCUT2D eigenvalue weighted by atomic mass is 10.0. The van der Waals surface area contributed by atoms with Gasteiger partial charge in [0.2, 0.25) is 5.91 Å². The quantitative estimate of drug-likeness (QED) is 0.0323. The number of carbonyl (C=O) groups is 2. The van der Waals surface area contributed by atoms with Crippen molar-refractivity contribution in [1.82, 2.24) is 5.32 Å². The molecule has 2 unspecified atom stereocenters. The molecule has 2 atom stereocenters. The normalized spacial score (nSPS) is 12.9. The first-order valence-corrected chi connectivity index (χ1v) is 25.8. The van der Waals surface area contributed by atoms with Crippen LogP contribution in [0.4, 0.5) is 0 Å². The number of aliphatic hydroxyl groups excluding tert-OH is 2. The molecule has 1 amide bonds. The minimum absolute atomic E-state index is 0.00790. The lowest BCUT2D eigenvalue weighted by Crippen LogP contribution is -2.45. The number of nitrogens with one attached hydrogen (secondary N) is 1. The Labute approximate surface area is 366 Å². The first-order valence-electron chi connectivity index (χ1n) is 25.8. The van der Waals surface area contributed by atoms with Crippen molar-refractivity contribution in [2.75, 3.05) is 13.2 Å². The average Bonchev–Trinajstić information content (AvgIpc) is 3.24. The second-order valence-electron chi connectivity index (χ2n) is 17.5. The van der Waals surface area contributed by atoms with E-state index in [0.717, 1.165) is 51.4 Å². The predicted octanol–water partition coefficient (Wildman–Crippen LogP) is 15.3. The van der Waals surface area contributed by atoms with Gasteiger partial charge >= 0.3 is 5.97 Å². The number of esters is 1. The van der Waals surface area contributed by atoms with Crippen molar-refractivity contribution in [3.8, 4) is 0 Å². The molecular weight excluding hydrogens is 731 g/mol. The van der Waals surface area contributed by atoms with Crippen LogP contribution >= 0.6 is 0 Å². The summed E-state index contributed by atoms with van der Waals surface area (Å²) in [7, 11) is 0. The molecule has 0 saturated carbocycles. The molecule has 0 saturated heterocycles. The summed E-state index contributed by atoms with van der Waals surface area (Å²) in [4.78, 5) is 24.4. The van der Waals surface area contributed by atoms with E-state index in [4.69, 9.17) is 4.74 Å². The van der Waals surface area contributed by atoms with E-state index in [-0.39, 0.29) is 18.5 Å². The molecule has 346 valence electrons. The van der Waals surface area contributed by atoms with Gasteiger partial charge in [0, 0.05) is 12.8 Å². The van der Waals surface area contributed by atoms with Crippen molar-refractivity contribution in [2.24, 2.45) is 0 Å². The molecule has 6 heteroatoms. The third-order valence-electron chi connectivity index (χ3n) is 11.6. The lowest BCUT2D eigenvalue weighted by molar-refractivity contribution is -0.143. The molecule has 0 aliphatic heterocycles. The van der Waals surface area contributed by atoms with Gasteiger partial charge < -0.3 is 20.3 Å². The number of ether oxygens (including phenoxy) is 1. The van der Waals surface area contributed by atoms with E-state index >= 15 is 0 Å². The van der Waals surface area contributed by atoms with E-state index in [1.807, 2.05) is 6.08 Å². The Balaban J connectivity index is 3.41. The minimum atomic E-state index is -0.844. The first-order chi connectivity index (χ1) is 29.0. The fraction of sp³-hybridized carbons (Fsp3) is 0.849. The number of unbranched alkanes of at least 4 members (excludes halogenated alkanes) is 32. The topological polar surface area (TPSA) is 95.9 Å². The fourth-order valence-electron chi connectivity index (χ4n) is 7.67. The van der Waals surface area contributed by atoms with E-state index in [1.165, 1.54) is 186 Å². The molecular formula is C53H99NO5. The van der Waals surface area contributed by atoms with Crippen LogP contribution in [0.5, 0.6) is 0 Å². The SMILES string of the molecule is CCC/C=C\C/C=C\CCCCCCCC(=O)OCCCCCCCCCCCCCCCCCCCCCC(=O)NC(CO)C(O)/C=C/CCCCCCCCCC. The predicted molar refractivity (Wildman–Crippen MR) is 255 cm³/mol. The zero-order valence-corrected chi connectivity index (χ0v) is 39.2. The second-order valence-corrected chi connectivity index (χ2v) is 17.5. The van der Waals surface area contributed by atoms with Gasteiger partial charge in [-0.05, 0) is 57.8 Å². The second kappa shape index (κ2) is 48.7. The van der Waals surface area contributed by atoms with Crippen LogP contribution < -0.4 is 5.32 Å². The third-order valence-corrected chi connectivity index (χ3v) is 11.6. The molecule has 0 aromatic carbocycles. The summed E-state index contributed by atoms with van der Waals surface area (Å²) < 4.78 is 5.45. The highest BCUT2D eigenvalue weighted by atomic mass is 16.5. The molecule has 0 radical (unpaired) electrons. The summed E-state index contributed by atoms with van der Waals surface area (Å²) in [6.07, 6.45) is 58.6. The number of carbonyl (C=O) groups excluding carboxylic acids is 2. The molecule has 0 bridgehead atoms. The summed E-state index contributed by atoms with van der Waals surface area (Å²) in [5.41, 5.74) is 0. The third kappa shape index (κ3) is 45.4. The van der Waals surface area contributed by atoms with E-state index in [9.17, 15) is 19.8 Å². The first kappa shape index (κ1) is 57.1. The Morgan fingerprint density at radius 1 is 0.475 bits per heavy atom. The number of rotatable bonds is 47. The monoisotopic (exact) mass is 830 g/mol. The van der Waals surface area contributed by atoms with Crippen molar-refractivity contribution in [3.63, 3.8) is 0 Å². The van der Waals surface area contributed by atoms with Gasteiger partial charge in [0.1, 0.15) is 0 Å². The van der Waals surface area contributed by atoms with Gasteiger partial charge in [0.15, 0.2) is 0 Å². The Morgan fingerprint density at radius 2 is 0.881 bits per heavy atom. The number of hydrogen-bond donors (Lipinski definition) is 3. The van der Waals surface area contributed by atoms with E-state index < -0.39 is 12.1 Å². The molecule has 0 aliphatic rings. The summed E-state index contributed by atoms with van der Waals surface area (Å²) in [6, 6.07) is -0.628. The van der Waals surface area contributed by atoms with Crippen LogP contribution in [0.25, 0.3) is 0 Å². The maximum Gasteiger partial charge on any atom is 0.305 e. The zero-order chi connectivity index (χ0) is 43.0. The molecule has 0 fully saturated rings. The highest BCUT2D eigenvalue weighted by Gasteiger charge is 2.18. The standard InChI is InChI=1S/C53H99NO5/c1-3-5-7-9-11-13-15-23-27-31-35-39-43-47-53(58)59-48-44-40-36-32-28-25-22-20-18-16-17-19-21-24-26-30-34-38-42-46-52(57)54-50(49-55)51(56)45-41-37-33-29-14-12-10-8-6-4-2/h7,9,13,15,41,45,50-51,55-56H,3-6,8,10-12,14,16-40,42-44,46-49H2,1-2H3,(H,54,57)/b9-7-,15-13-,45-41+. The van der Waals surface area contributed by atoms with Crippen LogP contribution in [0.15, 0.2) is 36.5 Å².